The van der Waals surface area contributed by atoms with Crippen LogP contribution >= 0.6 is 11.6 Å². The van der Waals surface area contributed by atoms with Gasteiger partial charge in [0.1, 0.15) is 5.75 Å². The van der Waals surface area contributed by atoms with Crippen LogP contribution in [-0.2, 0) is 13.1 Å². The fraction of sp³-hybridized carbons (Fsp3) is 0.324. The molecule has 4 N–H and O–H groups in total. The van der Waals surface area contributed by atoms with E-state index in [1.165, 1.54) is 0 Å². The van der Waals surface area contributed by atoms with E-state index in [-0.39, 0.29) is 6.10 Å². The molecule has 234 valence electrons. The molecule has 0 radical (unpaired) electrons. The molecule has 0 bridgehead atoms. The molecule has 11 heteroatoms. The van der Waals surface area contributed by atoms with Gasteiger partial charge in [0.25, 0.3) is 0 Å². The molecule has 5 aromatic rings. The number of rotatable bonds is 12. The van der Waals surface area contributed by atoms with E-state index in [1.54, 1.807) is 32.0 Å². The minimum absolute atomic E-state index is 0.207. The highest BCUT2D eigenvalue weighted by Crippen LogP contribution is 2.39. The molecular formula is C34H37ClN6O4. The van der Waals surface area contributed by atoms with Crippen molar-refractivity contribution in [2.75, 3.05) is 20.8 Å². The topological polar surface area (TPSA) is 127 Å². The van der Waals surface area contributed by atoms with Crippen molar-refractivity contribution in [1.29, 1.82) is 0 Å². The van der Waals surface area contributed by atoms with Gasteiger partial charge < -0.3 is 30.3 Å². The third kappa shape index (κ3) is 6.51. The number of benzene rings is 2. The number of methoxy groups -OCH3 is 2. The van der Waals surface area contributed by atoms with Crippen LogP contribution in [0.25, 0.3) is 39.1 Å². The van der Waals surface area contributed by atoms with Crippen LogP contribution in [-0.4, -0.2) is 69.0 Å². The third-order valence-corrected chi connectivity index (χ3v) is 8.53. The smallest absolute Gasteiger partial charge is 0.218 e. The summed E-state index contributed by atoms with van der Waals surface area (Å²) in [7, 11) is 3.24. The van der Waals surface area contributed by atoms with Crippen molar-refractivity contribution in [3.8, 4) is 39.8 Å². The van der Waals surface area contributed by atoms with Gasteiger partial charge in [-0.05, 0) is 37.5 Å². The maximum Gasteiger partial charge on any atom is 0.218 e. The number of aliphatic hydroxyl groups excluding tert-OH is 2. The quantitative estimate of drug-likeness (QED) is 0.153. The highest BCUT2D eigenvalue weighted by Gasteiger charge is 2.27. The van der Waals surface area contributed by atoms with Crippen molar-refractivity contribution in [2.24, 2.45) is 0 Å². The number of aromatic nitrogens is 4. The van der Waals surface area contributed by atoms with Crippen molar-refractivity contribution < 1.29 is 19.7 Å². The lowest BCUT2D eigenvalue weighted by molar-refractivity contribution is 0.0618. The van der Waals surface area contributed by atoms with Gasteiger partial charge in [0.05, 0.1) is 48.9 Å². The monoisotopic (exact) mass is 628 g/mol. The lowest BCUT2D eigenvalue weighted by atomic mass is 9.89. The number of pyridine rings is 2. The summed E-state index contributed by atoms with van der Waals surface area (Å²) in [4.78, 5) is 9.47. The minimum Gasteiger partial charge on any atom is -0.496 e. The molecule has 3 aromatic heterocycles. The summed E-state index contributed by atoms with van der Waals surface area (Å²) in [6.07, 6.45) is 4.47. The molecule has 1 aliphatic carbocycles. The molecule has 0 unspecified atom stereocenters. The highest BCUT2D eigenvalue weighted by molar-refractivity contribution is 6.36. The van der Waals surface area contributed by atoms with E-state index < -0.39 is 6.10 Å². The van der Waals surface area contributed by atoms with Crippen LogP contribution in [0.4, 0.5) is 0 Å². The van der Waals surface area contributed by atoms with Gasteiger partial charge in [0.2, 0.25) is 5.88 Å². The van der Waals surface area contributed by atoms with Crippen LogP contribution in [0.1, 0.15) is 30.9 Å². The van der Waals surface area contributed by atoms with Crippen molar-refractivity contribution in [3.05, 3.63) is 83.1 Å². The van der Waals surface area contributed by atoms with Crippen molar-refractivity contribution in [3.63, 3.8) is 0 Å². The number of fused-ring (bicyclic) bond motifs is 1. The fourth-order valence-corrected chi connectivity index (χ4v) is 5.98. The number of nitrogens with one attached hydrogen (secondary N) is 2. The SMILES string of the molecule is COc1cc(-n2ncc3c(-c4cccc(-c5ccc(CNC6CC(O)C6)c(OC)n5)c4Cl)cccc32)ncc1CNC[C@@H](C)O. The van der Waals surface area contributed by atoms with Crippen molar-refractivity contribution in [2.45, 2.75) is 51.1 Å². The van der Waals surface area contributed by atoms with E-state index in [4.69, 9.17) is 26.1 Å². The average Bonchev–Trinajstić information content (AvgIpc) is 3.47. The van der Waals surface area contributed by atoms with E-state index in [1.807, 2.05) is 60.8 Å². The number of hydrogen-bond donors (Lipinski definition) is 4. The largest absolute Gasteiger partial charge is 0.496 e. The summed E-state index contributed by atoms with van der Waals surface area (Å²) >= 11 is 7.10. The van der Waals surface area contributed by atoms with Crippen LogP contribution in [0.5, 0.6) is 11.6 Å². The Labute approximate surface area is 267 Å². The first-order valence-corrected chi connectivity index (χ1v) is 15.4. The number of aliphatic hydroxyl groups is 2. The van der Waals surface area contributed by atoms with Crippen LogP contribution in [0.3, 0.4) is 0 Å². The van der Waals surface area contributed by atoms with Gasteiger partial charge in [-0.25, -0.2) is 14.6 Å². The van der Waals surface area contributed by atoms with Gasteiger partial charge in [-0.2, -0.15) is 5.10 Å². The Morgan fingerprint density at radius 3 is 2.51 bits per heavy atom. The van der Waals surface area contributed by atoms with E-state index >= 15 is 0 Å². The fourth-order valence-electron chi connectivity index (χ4n) is 5.65. The lowest BCUT2D eigenvalue weighted by Crippen LogP contribution is -2.43. The van der Waals surface area contributed by atoms with E-state index in [0.717, 1.165) is 51.6 Å². The Morgan fingerprint density at radius 2 is 1.76 bits per heavy atom. The molecule has 1 saturated carbocycles. The highest BCUT2D eigenvalue weighted by atomic mass is 35.5. The standard InChI is InChI=1S/C34H37ClN6O4/c1-20(42)15-36-16-22-18-38-32(14-31(22)44-2)41-30-9-5-6-25(28(30)19-39-41)26-7-4-8-27(33(26)35)29-11-10-21(34(40-29)45-3)17-37-23-12-24(43)13-23/h4-11,14,18-20,23-24,36-37,42-43H,12-13,15-17H2,1-3H3/t20-,23?,24?/m1/s1. The Kier molecular flexibility index (Phi) is 9.29. The first-order valence-electron chi connectivity index (χ1n) is 15.0. The second-order valence-electron chi connectivity index (χ2n) is 11.4. The van der Waals surface area contributed by atoms with E-state index in [2.05, 4.69) is 20.7 Å². The summed E-state index contributed by atoms with van der Waals surface area (Å²) in [6, 6.07) is 18.1. The zero-order chi connectivity index (χ0) is 31.5. The molecular weight excluding hydrogens is 592 g/mol. The molecule has 1 aliphatic rings. The molecule has 45 heavy (non-hydrogen) atoms. The number of hydrogen-bond acceptors (Lipinski definition) is 9. The molecule has 0 saturated heterocycles. The van der Waals surface area contributed by atoms with E-state index in [0.29, 0.717) is 53.8 Å². The maximum absolute atomic E-state index is 9.58. The maximum atomic E-state index is 9.58. The van der Waals surface area contributed by atoms with Gasteiger partial charge in [-0.1, -0.05) is 48.0 Å². The third-order valence-electron chi connectivity index (χ3n) is 8.13. The van der Waals surface area contributed by atoms with Gasteiger partial charge in [-0.15, -0.1) is 0 Å². The average molecular weight is 629 g/mol. The number of nitrogens with zero attached hydrogens (tertiary/aromatic N) is 4. The molecule has 10 nitrogen and oxygen atoms in total. The molecule has 1 fully saturated rings. The predicted octanol–water partition coefficient (Wildman–Crippen LogP) is 4.90. The minimum atomic E-state index is -0.442. The Bertz CT molecular complexity index is 1800. The molecule has 1 atom stereocenters. The summed E-state index contributed by atoms with van der Waals surface area (Å²) in [6.45, 7) is 3.34. The summed E-state index contributed by atoms with van der Waals surface area (Å²) in [5.74, 6) is 1.84. The Balaban J connectivity index is 1.30. The summed E-state index contributed by atoms with van der Waals surface area (Å²) in [5, 5.41) is 32.0. The molecule has 0 amide bonds. The Hall–Kier alpha value is -4.06. The van der Waals surface area contributed by atoms with Gasteiger partial charge in [0.15, 0.2) is 5.82 Å². The second-order valence-corrected chi connectivity index (χ2v) is 11.7. The van der Waals surface area contributed by atoms with E-state index in [9.17, 15) is 10.2 Å². The molecule has 3 heterocycles. The van der Waals surface area contributed by atoms with Gasteiger partial charge in [-0.3, -0.25) is 0 Å². The van der Waals surface area contributed by atoms with Crippen LogP contribution in [0.15, 0.2) is 67.0 Å². The zero-order valence-corrected chi connectivity index (χ0v) is 26.3. The van der Waals surface area contributed by atoms with Crippen LogP contribution < -0.4 is 20.1 Å². The normalized spacial score (nSPS) is 16.8. The second kappa shape index (κ2) is 13.5. The Morgan fingerprint density at radius 1 is 0.978 bits per heavy atom. The molecule has 2 aromatic carbocycles. The lowest BCUT2D eigenvalue weighted by Gasteiger charge is -2.32. The first kappa shape index (κ1) is 30.9. The van der Waals surface area contributed by atoms with Crippen molar-refractivity contribution in [1.82, 2.24) is 30.4 Å². The summed E-state index contributed by atoms with van der Waals surface area (Å²) in [5.41, 5.74) is 6.01. The predicted molar refractivity (Wildman–Crippen MR) is 175 cm³/mol. The van der Waals surface area contributed by atoms with Gasteiger partial charge in [0, 0.05) is 65.6 Å². The first-order chi connectivity index (χ1) is 21.9. The molecule has 0 aliphatic heterocycles. The van der Waals surface area contributed by atoms with Gasteiger partial charge >= 0.3 is 0 Å². The molecule has 6 rings (SSSR count). The van der Waals surface area contributed by atoms with Crippen molar-refractivity contribution >= 4 is 22.5 Å². The number of halogens is 1. The molecule has 0 spiro atoms. The zero-order valence-electron chi connectivity index (χ0n) is 25.5. The van der Waals surface area contributed by atoms with Crippen LogP contribution in [0.2, 0.25) is 5.02 Å². The van der Waals surface area contributed by atoms with Crippen LogP contribution in [0, 0.1) is 0 Å². The summed E-state index contributed by atoms with van der Waals surface area (Å²) < 4.78 is 13.1. The number of ether oxygens (including phenoxy) is 2.